The van der Waals surface area contributed by atoms with Crippen LogP contribution in [0.1, 0.15) is 27.2 Å². The molecule has 2 bridgehead atoms. The van der Waals surface area contributed by atoms with Crippen LogP contribution in [-0.2, 0) is 9.53 Å². The van der Waals surface area contributed by atoms with Gasteiger partial charge in [0.25, 0.3) is 0 Å². The van der Waals surface area contributed by atoms with Crippen LogP contribution in [0, 0.1) is 5.92 Å². The Labute approximate surface area is 98.5 Å². The van der Waals surface area contributed by atoms with E-state index in [4.69, 9.17) is 9.84 Å². The van der Waals surface area contributed by atoms with E-state index in [1.807, 2.05) is 0 Å². The number of alkyl halides is 1. The highest BCUT2D eigenvalue weighted by Gasteiger charge is 2.64. The third kappa shape index (κ3) is 1.85. The first-order chi connectivity index (χ1) is 7.72. The molecule has 0 spiro atoms. The molecule has 1 N–H and O–H groups in total. The largest absolute Gasteiger partial charge is 0.480 e. The van der Waals surface area contributed by atoms with Gasteiger partial charge >= 0.3 is 12.1 Å². The van der Waals surface area contributed by atoms with Gasteiger partial charge in [-0.15, -0.1) is 0 Å². The van der Waals surface area contributed by atoms with Gasteiger partial charge in [-0.2, -0.15) is 0 Å². The Kier molecular flexibility index (Phi) is 2.56. The number of rotatable bonds is 1. The fraction of sp³-hybridized carbons (Fsp3) is 0.818. The van der Waals surface area contributed by atoms with Crippen LogP contribution < -0.4 is 0 Å². The van der Waals surface area contributed by atoms with Crippen molar-refractivity contribution in [3.8, 4) is 0 Å². The fourth-order valence-electron chi connectivity index (χ4n) is 2.48. The first kappa shape index (κ1) is 12.1. The van der Waals surface area contributed by atoms with E-state index in [-0.39, 0.29) is 0 Å². The number of carbonyl (C=O) groups is 2. The van der Waals surface area contributed by atoms with Gasteiger partial charge in [0.2, 0.25) is 0 Å². The van der Waals surface area contributed by atoms with Gasteiger partial charge in [-0.25, -0.2) is 14.0 Å². The average molecular weight is 245 g/mol. The first-order valence-corrected chi connectivity index (χ1v) is 5.60. The van der Waals surface area contributed by atoms with Gasteiger partial charge in [-0.05, 0) is 27.2 Å². The van der Waals surface area contributed by atoms with Crippen LogP contribution in [0.5, 0.6) is 0 Å². The summed E-state index contributed by atoms with van der Waals surface area (Å²) < 4.78 is 18.6. The maximum absolute atomic E-state index is 13.5. The molecule has 2 heterocycles. The lowest BCUT2D eigenvalue weighted by Crippen LogP contribution is -2.45. The van der Waals surface area contributed by atoms with Crippen molar-refractivity contribution in [2.24, 2.45) is 5.92 Å². The zero-order chi connectivity index (χ0) is 13.0. The van der Waals surface area contributed by atoms with Crippen molar-refractivity contribution in [1.82, 2.24) is 4.90 Å². The lowest BCUT2D eigenvalue weighted by atomic mass is 9.81. The minimum atomic E-state index is -1.23. The molecule has 3 fully saturated rings. The molecule has 5 nitrogen and oxygen atoms in total. The smallest absolute Gasteiger partial charge is 0.411 e. The molecular formula is C11H16FNO4. The van der Waals surface area contributed by atoms with Crippen LogP contribution in [0.4, 0.5) is 9.18 Å². The van der Waals surface area contributed by atoms with Gasteiger partial charge in [-0.3, -0.25) is 4.90 Å². The number of halogens is 1. The molecule has 2 saturated heterocycles. The second-order valence-electron chi connectivity index (χ2n) is 5.58. The van der Waals surface area contributed by atoms with E-state index in [0.717, 1.165) is 4.90 Å². The summed E-state index contributed by atoms with van der Waals surface area (Å²) in [5.41, 5.74) is -0.709. The van der Waals surface area contributed by atoms with Crippen LogP contribution >= 0.6 is 0 Å². The van der Waals surface area contributed by atoms with Crippen molar-refractivity contribution >= 4 is 12.1 Å². The molecular weight excluding hydrogens is 229 g/mol. The van der Waals surface area contributed by atoms with Crippen molar-refractivity contribution in [2.45, 2.75) is 51.0 Å². The monoisotopic (exact) mass is 245 g/mol. The third-order valence-corrected chi connectivity index (χ3v) is 3.21. The normalized spacial score (nSPS) is 35.4. The standard InChI is InChI=1S/C11H16FNO4/c1-11(2,3)17-10(16)13-6-4-5(7(6)12)8(13)9(14)15/h5-8H,4H2,1-3H3,(H,14,15)/t5-,6+,7-,8+/m1/s1. The summed E-state index contributed by atoms with van der Waals surface area (Å²) in [6.07, 6.45) is -1.56. The Morgan fingerprint density at radius 2 is 2.00 bits per heavy atom. The van der Waals surface area contributed by atoms with Crippen LogP contribution in [0.15, 0.2) is 0 Å². The maximum Gasteiger partial charge on any atom is 0.411 e. The van der Waals surface area contributed by atoms with Gasteiger partial charge in [0.05, 0.1) is 6.04 Å². The third-order valence-electron chi connectivity index (χ3n) is 3.21. The number of nitrogens with zero attached hydrogens (tertiary/aromatic N) is 1. The molecule has 0 aromatic rings. The van der Waals surface area contributed by atoms with E-state index in [1.165, 1.54) is 0 Å². The number of amides is 1. The van der Waals surface area contributed by atoms with Crippen LogP contribution in [0.3, 0.4) is 0 Å². The van der Waals surface area contributed by atoms with Gasteiger partial charge in [0, 0.05) is 5.92 Å². The highest BCUT2D eigenvalue weighted by Crippen LogP contribution is 2.48. The molecule has 0 aromatic heterocycles. The quantitative estimate of drug-likeness (QED) is 0.758. The number of ether oxygens (including phenoxy) is 1. The molecule has 3 aliphatic rings. The summed E-state index contributed by atoms with van der Waals surface area (Å²) in [4.78, 5) is 23.9. The molecule has 0 radical (unpaired) electrons. The predicted octanol–water partition coefficient (Wildman–Crippen LogP) is 1.42. The molecule has 3 rings (SSSR count). The zero-order valence-corrected chi connectivity index (χ0v) is 10.0. The van der Waals surface area contributed by atoms with Gasteiger partial charge in [-0.1, -0.05) is 0 Å². The number of carboxylic acid groups (broad SMARTS) is 1. The molecule has 1 saturated carbocycles. The summed E-state index contributed by atoms with van der Waals surface area (Å²) >= 11 is 0. The maximum atomic E-state index is 13.5. The number of fused-ring (bicyclic) bond motifs is 1. The van der Waals surface area contributed by atoms with E-state index in [1.54, 1.807) is 20.8 Å². The Bertz CT molecular complexity index is 365. The number of hydrogen-bond acceptors (Lipinski definition) is 3. The number of carboxylic acids is 1. The van der Waals surface area contributed by atoms with Crippen LogP contribution in [0.2, 0.25) is 0 Å². The van der Waals surface area contributed by atoms with Crippen molar-refractivity contribution < 1.29 is 23.8 Å². The Hall–Kier alpha value is -1.33. The highest BCUT2D eigenvalue weighted by atomic mass is 19.1. The van der Waals surface area contributed by atoms with E-state index in [0.29, 0.717) is 6.42 Å². The molecule has 6 heteroatoms. The summed E-state index contributed by atoms with van der Waals surface area (Å²) in [5, 5.41) is 9.03. The van der Waals surface area contributed by atoms with E-state index in [9.17, 15) is 14.0 Å². The van der Waals surface area contributed by atoms with Gasteiger partial charge in [0.15, 0.2) is 0 Å². The summed E-state index contributed by atoms with van der Waals surface area (Å²) in [7, 11) is 0. The molecule has 17 heavy (non-hydrogen) atoms. The summed E-state index contributed by atoms with van der Waals surface area (Å²) in [5.74, 6) is -1.74. The van der Waals surface area contributed by atoms with Crippen molar-refractivity contribution in [3.63, 3.8) is 0 Å². The second kappa shape index (κ2) is 3.58. The first-order valence-electron chi connectivity index (χ1n) is 5.60. The Morgan fingerprint density at radius 1 is 1.41 bits per heavy atom. The Balaban J connectivity index is 2.15. The molecule has 4 atom stereocenters. The lowest BCUT2D eigenvalue weighted by Gasteiger charge is -2.31. The number of aliphatic carboxylic acids is 1. The van der Waals surface area contributed by atoms with Gasteiger partial charge < -0.3 is 9.84 Å². The molecule has 0 unspecified atom stereocenters. The summed E-state index contributed by atoms with van der Waals surface area (Å²) in [6.45, 7) is 5.07. The van der Waals surface area contributed by atoms with Crippen molar-refractivity contribution in [2.75, 3.05) is 0 Å². The van der Waals surface area contributed by atoms with Crippen LogP contribution in [-0.4, -0.2) is 45.9 Å². The van der Waals surface area contributed by atoms with E-state index in [2.05, 4.69) is 0 Å². The average Bonchev–Trinajstić information content (AvgIpc) is 2.66. The molecule has 1 amide bonds. The summed E-state index contributed by atoms with van der Waals surface area (Å²) in [6, 6.07) is -1.71. The molecule has 2 aliphatic heterocycles. The minimum absolute atomic E-state index is 0.414. The van der Waals surface area contributed by atoms with E-state index >= 15 is 0 Å². The second-order valence-corrected chi connectivity index (χ2v) is 5.58. The number of hydrogen-bond donors (Lipinski definition) is 1. The topological polar surface area (TPSA) is 66.8 Å². The molecule has 1 aliphatic carbocycles. The fourth-order valence-corrected chi connectivity index (χ4v) is 2.48. The zero-order valence-electron chi connectivity index (χ0n) is 10.0. The van der Waals surface area contributed by atoms with Gasteiger partial charge in [0.1, 0.15) is 17.8 Å². The van der Waals surface area contributed by atoms with E-state index < -0.39 is 41.8 Å². The number of carbonyl (C=O) groups excluding carboxylic acids is 1. The molecule has 96 valence electrons. The predicted molar refractivity (Wildman–Crippen MR) is 56.3 cm³/mol. The van der Waals surface area contributed by atoms with Crippen molar-refractivity contribution in [1.29, 1.82) is 0 Å². The highest BCUT2D eigenvalue weighted by molar-refractivity contribution is 5.83. The minimum Gasteiger partial charge on any atom is -0.480 e. The lowest BCUT2D eigenvalue weighted by molar-refractivity contribution is -0.142. The Morgan fingerprint density at radius 3 is 2.41 bits per heavy atom. The SMILES string of the molecule is CC(C)(C)OC(=O)N1[C@H](C(=O)O)[C@@H]2C[C@H]1[C@@H]2F. The van der Waals surface area contributed by atoms with Crippen molar-refractivity contribution in [3.05, 3.63) is 0 Å². The van der Waals surface area contributed by atoms with Crippen LogP contribution in [0.25, 0.3) is 0 Å². The molecule has 0 aromatic carbocycles.